The van der Waals surface area contributed by atoms with Gasteiger partial charge in [0.1, 0.15) is 22.9 Å². The minimum Gasteiger partial charge on any atom is -0.468 e. The number of anilines is 1. The van der Waals surface area contributed by atoms with Gasteiger partial charge >= 0.3 is 5.97 Å². The molecule has 2 heterocycles. The lowest BCUT2D eigenvalue weighted by Gasteiger charge is -2.43. The second-order valence-electron chi connectivity index (χ2n) is 7.85. The van der Waals surface area contributed by atoms with E-state index in [1.54, 1.807) is 37.3 Å². The van der Waals surface area contributed by atoms with Crippen molar-refractivity contribution in [2.75, 3.05) is 11.5 Å². The van der Waals surface area contributed by atoms with Gasteiger partial charge in [-0.1, -0.05) is 18.2 Å². The van der Waals surface area contributed by atoms with Crippen LogP contribution in [0.15, 0.2) is 41.0 Å². The summed E-state index contributed by atoms with van der Waals surface area (Å²) >= 11 is 0. The number of hydrogen-bond acceptors (Lipinski definition) is 6. The van der Waals surface area contributed by atoms with Crippen molar-refractivity contribution in [3.63, 3.8) is 0 Å². The van der Waals surface area contributed by atoms with E-state index in [1.165, 1.54) is 20.1 Å². The Balaban J connectivity index is 2.06. The summed E-state index contributed by atoms with van der Waals surface area (Å²) in [5, 5.41) is 0. The Morgan fingerprint density at radius 3 is 2.60 bits per heavy atom. The molecule has 30 heavy (non-hydrogen) atoms. The molecule has 0 saturated heterocycles. The van der Waals surface area contributed by atoms with Crippen LogP contribution in [0.5, 0.6) is 0 Å². The lowest BCUT2D eigenvalue weighted by atomic mass is 9.56. The molecule has 0 saturated carbocycles. The van der Waals surface area contributed by atoms with E-state index >= 15 is 0 Å². The number of rotatable bonds is 4. The van der Waals surface area contributed by atoms with Gasteiger partial charge < -0.3 is 13.9 Å². The van der Waals surface area contributed by atoms with Crippen LogP contribution in [0.1, 0.15) is 50.0 Å². The molecule has 1 aliphatic carbocycles. The van der Waals surface area contributed by atoms with Crippen molar-refractivity contribution in [1.29, 1.82) is 0 Å². The van der Waals surface area contributed by atoms with Gasteiger partial charge in [0.15, 0.2) is 0 Å². The molecule has 1 aromatic carbocycles. The van der Waals surface area contributed by atoms with Gasteiger partial charge in [-0.3, -0.25) is 14.4 Å². The van der Waals surface area contributed by atoms with Gasteiger partial charge in [0.2, 0.25) is 11.8 Å². The van der Waals surface area contributed by atoms with E-state index in [0.29, 0.717) is 23.4 Å². The highest BCUT2D eigenvalue weighted by Crippen LogP contribution is 2.59. The van der Waals surface area contributed by atoms with Gasteiger partial charge in [-0.25, -0.2) is 4.90 Å². The number of esters is 1. The molecule has 7 heteroatoms. The van der Waals surface area contributed by atoms with E-state index in [4.69, 9.17) is 9.15 Å². The van der Waals surface area contributed by atoms with Crippen LogP contribution >= 0.6 is 0 Å². The molecule has 4 rings (SSSR count). The van der Waals surface area contributed by atoms with Gasteiger partial charge in [0.05, 0.1) is 18.6 Å². The molecule has 2 aliphatic rings. The normalized spacial score (nSPS) is 24.5. The number of para-hydroxylation sites is 1. The van der Waals surface area contributed by atoms with Crippen molar-refractivity contribution < 1.29 is 28.3 Å². The number of Topliss-reactive ketones (excluding diaryl/α,β-unsaturated/α-hetero) is 1. The number of ether oxygens (including phenoxy) is 1. The van der Waals surface area contributed by atoms with E-state index in [0.717, 1.165) is 10.5 Å². The molecule has 0 N–H and O–H groups in total. The molecule has 1 aliphatic heterocycles. The van der Waals surface area contributed by atoms with Crippen LogP contribution in [0.3, 0.4) is 0 Å². The highest BCUT2D eigenvalue weighted by atomic mass is 16.5. The minimum atomic E-state index is -1.45. The number of furan rings is 1. The third-order valence-electron chi connectivity index (χ3n) is 6.13. The molecule has 1 spiro atoms. The lowest BCUT2D eigenvalue weighted by molar-refractivity contribution is -0.152. The number of nitrogens with zero attached hydrogens (tertiary/aromatic N) is 1. The average molecular weight is 409 g/mol. The van der Waals surface area contributed by atoms with Gasteiger partial charge in [0, 0.05) is 13.3 Å². The quantitative estimate of drug-likeness (QED) is 0.721. The zero-order chi connectivity index (χ0) is 21.6. The SMILES string of the molecule is CCOC(=O)[C@H]1c2occc2C[C@H](CC(C)=O)[C@]12C(=O)N(C(C)=O)c1ccccc12. The van der Waals surface area contributed by atoms with Gasteiger partial charge in [-0.05, 0) is 49.4 Å². The van der Waals surface area contributed by atoms with Crippen molar-refractivity contribution in [3.8, 4) is 0 Å². The summed E-state index contributed by atoms with van der Waals surface area (Å²) in [4.78, 5) is 53.0. The van der Waals surface area contributed by atoms with Crippen molar-refractivity contribution in [1.82, 2.24) is 0 Å². The number of carbonyl (C=O) groups is 4. The van der Waals surface area contributed by atoms with Gasteiger partial charge in [0.25, 0.3) is 0 Å². The average Bonchev–Trinajstić information content (AvgIpc) is 3.23. The van der Waals surface area contributed by atoms with Gasteiger partial charge in [-0.15, -0.1) is 0 Å². The maximum atomic E-state index is 14.0. The monoisotopic (exact) mass is 409 g/mol. The lowest BCUT2D eigenvalue weighted by Crippen LogP contribution is -2.56. The van der Waals surface area contributed by atoms with Crippen LogP contribution in [0, 0.1) is 5.92 Å². The highest BCUT2D eigenvalue weighted by molar-refractivity contribution is 6.24. The molecule has 0 radical (unpaired) electrons. The summed E-state index contributed by atoms with van der Waals surface area (Å²) in [6.07, 6.45) is 1.95. The van der Waals surface area contributed by atoms with Crippen LogP contribution in [0.4, 0.5) is 5.69 Å². The Morgan fingerprint density at radius 1 is 1.20 bits per heavy atom. The Bertz CT molecular complexity index is 1050. The number of hydrogen-bond donors (Lipinski definition) is 0. The predicted molar refractivity (Wildman–Crippen MR) is 107 cm³/mol. The molecule has 3 atom stereocenters. The second kappa shape index (κ2) is 7.23. The second-order valence-corrected chi connectivity index (χ2v) is 7.85. The van der Waals surface area contributed by atoms with Gasteiger partial charge in [-0.2, -0.15) is 0 Å². The molecule has 0 unspecified atom stereocenters. The Hall–Kier alpha value is -3.22. The number of carbonyl (C=O) groups excluding carboxylic acids is 4. The van der Waals surface area contributed by atoms with E-state index < -0.39 is 35.0 Å². The van der Waals surface area contributed by atoms with Crippen molar-refractivity contribution in [2.45, 2.75) is 44.9 Å². The fourth-order valence-corrected chi connectivity index (χ4v) is 5.15. The van der Waals surface area contributed by atoms with E-state index in [2.05, 4.69) is 0 Å². The number of benzene rings is 1. The Morgan fingerprint density at radius 2 is 1.93 bits per heavy atom. The van der Waals surface area contributed by atoms with Crippen LogP contribution in [0.25, 0.3) is 0 Å². The zero-order valence-corrected chi connectivity index (χ0v) is 17.1. The fourth-order valence-electron chi connectivity index (χ4n) is 5.15. The molecular weight excluding hydrogens is 386 g/mol. The maximum Gasteiger partial charge on any atom is 0.318 e. The van der Waals surface area contributed by atoms with Crippen molar-refractivity contribution >= 4 is 29.3 Å². The first-order valence-electron chi connectivity index (χ1n) is 10.0. The molecule has 0 fully saturated rings. The fraction of sp³-hybridized carbons (Fsp3) is 0.391. The molecule has 0 bridgehead atoms. The number of fused-ring (bicyclic) bond motifs is 3. The van der Waals surface area contributed by atoms with Crippen LogP contribution in [-0.4, -0.2) is 30.2 Å². The molecular formula is C23H23NO6. The maximum absolute atomic E-state index is 14.0. The van der Waals surface area contributed by atoms with E-state index in [1.807, 2.05) is 0 Å². The smallest absolute Gasteiger partial charge is 0.318 e. The first-order chi connectivity index (χ1) is 14.3. The summed E-state index contributed by atoms with van der Waals surface area (Å²) in [5.41, 5.74) is 0.311. The first kappa shape index (κ1) is 20.1. The number of amides is 2. The Labute approximate surface area is 174 Å². The zero-order valence-electron chi connectivity index (χ0n) is 17.1. The summed E-state index contributed by atoms with van der Waals surface area (Å²) in [6, 6.07) is 8.71. The molecule has 1 aromatic heterocycles. The highest BCUT2D eigenvalue weighted by Gasteiger charge is 2.66. The summed E-state index contributed by atoms with van der Waals surface area (Å²) < 4.78 is 11.1. The standard InChI is InChI=1S/C23H23NO6/c1-4-29-21(27)19-20-15(9-10-30-20)12-16(11-13(2)25)23(19)17-7-5-6-8-18(17)24(14(3)26)22(23)28/h5-10,16,19H,4,11-12H2,1-3H3/t16-,19+,23+/m0/s1. The predicted octanol–water partition coefficient (Wildman–Crippen LogP) is 2.91. The molecule has 2 amide bonds. The topological polar surface area (TPSA) is 93.9 Å². The van der Waals surface area contributed by atoms with Crippen LogP contribution < -0.4 is 4.90 Å². The molecule has 156 valence electrons. The third-order valence-corrected chi connectivity index (χ3v) is 6.13. The first-order valence-corrected chi connectivity index (χ1v) is 10.0. The van der Waals surface area contributed by atoms with E-state index in [-0.39, 0.29) is 18.8 Å². The minimum absolute atomic E-state index is 0.0896. The Kier molecular flexibility index (Phi) is 4.84. The molecule has 2 aromatic rings. The number of imide groups is 1. The summed E-state index contributed by atoms with van der Waals surface area (Å²) in [5.74, 6) is -2.90. The summed E-state index contributed by atoms with van der Waals surface area (Å²) in [7, 11) is 0. The third kappa shape index (κ3) is 2.65. The molecule has 7 nitrogen and oxygen atoms in total. The number of ketones is 1. The largest absolute Gasteiger partial charge is 0.468 e. The van der Waals surface area contributed by atoms with Crippen LogP contribution in [-0.2, 0) is 35.8 Å². The summed E-state index contributed by atoms with van der Waals surface area (Å²) in [6.45, 7) is 4.60. The van der Waals surface area contributed by atoms with Crippen molar-refractivity contribution in [2.24, 2.45) is 5.92 Å². The van der Waals surface area contributed by atoms with Crippen molar-refractivity contribution in [3.05, 3.63) is 53.5 Å². The van der Waals surface area contributed by atoms with Crippen LogP contribution in [0.2, 0.25) is 0 Å². The van der Waals surface area contributed by atoms with E-state index in [9.17, 15) is 19.2 Å².